The summed E-state index contributed by atoms with van der Waals surface area (Å²) in [6.45, 7) is 5.56. The van der Waals surface area contributed by atoms with Gasteiger partial charge in [-0.25, -0.2) is 9.07 Å². The standard InChI is InChI=1S/C21H23FN4/c1-16-18(15-26(24-16)20-8-3-2-4-9-20)14-25-11-10-23-13-21(25)17-6-5-7-19(22)12-17/h2-9,12,15,21,23H,10-11,13-14H2,1H3. The Kier molecular flexibility index (Phi) is 4.82. The Labute approximate surface area is 153 Å². The van der Waals surface area contributed by atoms with Gasteiger partial charge in [-0.2, -0.15) is 5.10 Å². The first-order valence-corrected chi connectivity index (χ1v) is 9.01. The van der Waals surface area contributed by atoms with Gasteiger partial charge in [0.15, 0.2) is 0 Å². The summed E-state index contributed by atoms with van der Waals surface area (Å²) in [5.74, 6) is -0.180. The highest BCUT2D eigenvalue weighted by molar-refractivity contribution is 5.32. The van der Waals surface area contributed by atoms with Gasteiger partial charge in [0.2, 0.25) is 0 Å². The predicted molar refractivity (Wildman–Crippen MR) is 101 cm³/mol. The highest BCUT2D eigenvalue weighted by atomic mass is 19.1. The fraction of sp³-hybridized carbons (Fsp3) is 0.286. The average Bonchev–Trinajstić information content (AvgIpc) is 3.03. The molecule has 26 heavy (non-hydrogen) atoms. The normalized spacial score (nSPS) is 18.2. The molecule has 1 aromatic heterocycles. The number of piperazine rings is 1. The largest absolute Gasteiger partial charge is 0.314 e. The molecule has 1 N–H and O–H groups in total. The van der Waals surface area contributed by atoms with Crippen LogP contribution >= 0.6 is 0 Å². The number of para-hydroxylation sites is 1. The smallest absolute Gasteiger partial charge is 0.123 e. The van der Waals surface area contributed by atoms with E-state index in [1.165, 1.54) is 11.6 Å². The molecule has 0 radical (unpaired) electrons. The predicted octanol–water partition coefficient (Wildman–Crippen LogP) is 3.47. The lowest BCUT2D eigenvalue weighted by atomic mass is 10.0. The van der Waals surface area contributed by atoms with Crippen LogP contribution in [-0.2, 0) is 6.54 Å². The van der Waals surface area contributed by atoms with Gasteiger partial charge in [-0.3, -0.25) is 4.90 Å². The summed E-state index contributed by atoms with van der Waals surface area (Å²) in [7, 11) is 0. The minimum absolute atomic E-state index is 0.166. The Hall–Kier alpha value is -2.50. The van der Waals surface area contributed by atoms with Gasteiger partial charge in [-0.05, 0) is 36.8 Å². The van der Waals surface area contributed by atoms with Crippen molar-refractivity contribution < 1.29 is 4.39 Å². The van der Waals surface area contributed by atoms with E-state index < -0.39 is 0 Å². The fourth-order valence-corrected chi connectivity index (χ4v) is 3.56. The lowest BCUT2D eigenvalue weighted by molar-refractivity contribution is 0.153. The first kappa shape index (κ1) is 16.9. The van der Waals surface area contributed by atoms with Crippen molar-refractivity contribution >= 4 is 0 Å². The number of rotatable bonds is 4. The Morgan fingerprint density at radius 3 is 2.81 bits per heavy atom. The monoisotopic (exact) mass is 350 g/mol. The summed E-state index contributed by atoms with van der Waals surface area (Å²) in [5.41, 5.74) is 4.32. The second-order valence-electron chi connectivity index (χ2n) is 6.77. The van der Waals surface area contributed by atoms with E-state index in [2.05, 4.69) is 33.6 Å². The maximum Gasteiger partial charge on any atom is 0.123 e. The molecule has 4 rings (SSSR count). The molecular weight excluding hydrogens is 327 g/mol. The first-order chi connectivity index (χ1) is 12.7. The topological polar surface area (TPSA) is 33.1 Å². The molecule has 1 unspecified atom stereocenters. The number of nitrogens with one attached hydrogen (secondary N) is 1. The van der Waals surface area contributed by atoms with Crippen molar-refractivity contribution in [2.24, 2.45) is 0 Å². The van der Waals surface area contributed by atoms with Gasteiger partial charge in [-0.15, -0.1) is 0 Å². The summed E-state index contributed by atoms with van der Waals surface area (Å²) in [6.07, 6.45) is 2.11. The number of hydrogen-bond acceptors (Lipinski definition) is 3. The van der Waals surface area contributed by atoms with Crippen LogP contribution in [0.25, 0.3) is 5.69 Å². The van der Waals surface area contributed by atoms with Gasteiger partial charge in [0, 0.05) is 44.0 Å². The highest BCUT2D eigenvalue weighted by Gasteiger charge is 2.25. The quantitative estimate of drug-likeness (QED) is 0.782. The Balaban J connectivity index is 1.58. The van der Waals surface area contributed by atoms with Crippen molar-refractivity contribution in [2.75, 3.05) is 19.6 Å². The van der Waals surface area contributed by atoms with Gasteiger partial charge in [0.1, 0.15) is 5.82 Å². The summed E-state index contributed by atoms with van der Waals surface area (Å²) < 4.78 is 15.6. The lowest BCUT2D eigenvalue weighted by Gasteiger charge is -2.36. The molecule has 0 saturated carbocycles. The van der Waals surface area contributed by atoms with E-state index in [9.17, 15) is 4.39 Å². The Morgan fingerprint density at radius 2 is 2.00 bits per heavy atom. The van der Waals surface area contributed by atoms with Crippen LogP contribution in [0.1, 0.15) is 22.9 Å². The summed E-state index contributed by atoms with van der Waals surface area (Å²) in [5, 5.41) is 8.10. The molecule has 0 amide bonds. The van der Waals surface area contributed by atoms with Crippen LogP contribution in [0.2, 0.25) is 0 Å². The van der Waals surface area contributed by atoms with Crippen molar-refractivity contribution in [1.29, 1.82) is 0 Å². The third-order valence-electron chi connectivity index (χ3n) is 4.98. The van der Waals surface area contributed by atoms with Crippen LogP contribution in [0.4, 0.5) is 4.39 Å². The zero-order valence-electron chi connectivity index (χ0n) is 14.9. The summed E-state index contributed by atoms with van der Waals surface area (Å²) in [6, 6.07) is 17.2. The van der Waals surface area contributed by atoms with Gasteiger partial charge in [0.25, 0.3) is 0 Å². The molecule has 0 bridgehead atoms. The third kappa shape index (κ3) is 3.54. The second-order valence-corrected chi connectivity index (χ2v) is 6.77. The maximum atomic E-state index is 13.7. The molecule has 1 atom stereocenters. The van der Waals surface area contributed by atoms with Crippen LogP contribution < -0.4 is 5.32 Å². The molecule has 2 heterocycles. The van der Waals surface area contributed by atoms with Crippen molar-refractivity contribution in [1.82, 2.24) is 20.0 Å². The molecule has 1 fully saturated rings. The van der Waals surface area contributed by atoms with E-state index in [4.69, 9.17) is 0 Å². The minimum Gasteiger partial charge on any atom is -0.314 e. The van der Waals surface area contributed by atoms with Gasteiger partial charge >= 0.3 is 0 Å². The number of benzene rings is 2. The molecule has 0 aliphatic carbocycles. The van der Waals surface area contributed by atoms with Gasteiger partial charge in [0.05, 0.1) is 11.4 Å². The van der Waals surface area contributed by atoms with Crippen LogP contribution in [-0.4, -0.2) is 34.3 Å². The van der Waals surface area contributed by atoms with Crippen molar-refractivity contribution in [3.05, 3.63) is 83.4 Å². The molecule has 2 aromatic carbocycles. The molecule has 5 heteroatoms. The van der Waals surface area contributed by atoms with Crippen molar-refractivity contribution in [3.8, 4) is 5.69 Å². The Bertz CT molecular complexity index is 875. The number of halogens is 1. The fourth-order valence-electron chi connectivity index (χ4n) is 3.56. The number of aryl methyl sites for hydroxylation is 1. The zero-order valence-corrected chi connectivity index (χ0v) is 14.9. The molecule has 3 aromatic rings. The number of aromatic nitrogens is 2. The molecule has 1 aliphatic rings. The lowest BCUT2D eigenvalue weighted by Crippen LogP contribution is -2.45. The van der Waals surface area contributed by atoms with Crippen molar-refractivity contribution in [3.63, 3.8) is 0 Å². The third-order valence-corrected chi connectivity index (χ3v) is 4.98. The van der Waals surface area contributed by atoms with Gasteiger partial charge < -0.3 is 5.32 Å². The van der Waals surface area contributed by atoms with Crippen LogP contribution in [0.5, 0.6) is 0 Å². The van der Waals surface area contributed by atoms with E-state index in [0.29, 0.717) is 0 Å². The maximum absolute atomic E-state index is 13.7. The summed E-state index contributed by atoms with van der Waals surface area (Å²) in [4.78, 5) is 2.41. The van der Waals surface area contributed by atoms with Crippen LogP contribution in [0, 0.1) is 12.7 Å². The van der Waals surface area contributed by atoms with E-state index in [0.717, 1.165) is 43.1 Å². The first-order valence-electron chi connectivity index (χ1n) is 9.01. The van der Waals surface area contributed by atoms with Crippen molar-refractivity contribution in [2.45, 2.75) is 19.5 Å². The molecular formula is C21H23FN4. The molecule has 4 nitrogen and oxygen atoms in total. The SMILES string of the molecule is Cc1nn(-c2ccccc2)cc1CN1CCNCC1c1cccc(F)c1. The highest BCUT2D eigenvalue weighted by Crippen LogP contribution is 2.25. The van der Waals surface area contributed by atoms with E-state index >= 15 is 0 Å². The minimum atomic E-state index is -0.180. The van der Waals surface area contributed by atoms with Crippen LogP contribution in [0.3, 0.4) is 0 Å². The number of hydrogen-bond donors (Lipinski definition) is 1. The average molecular weight is 350 g/mol. The van der Waals surface area contributed by atoms with Gasteiger partial charge in [-0.1, -0.05) is 30.3 Å². The molecule has 134 valence electrons. The van der Waals surface area contributed by atoms with E-state index in [1.807, 2.05) is 35.9 Å². The molecule has 0 spiro atoms. The molecule has 1 saturated heterocycles. The molecule has 1 aliphatic heterocycles. The summed E-state index contributed by atoms with van der Waals surface area (Å²) >= 11 is 0. The zero-order chi connectivity index (χ0) is 17.9. The van der Waals surface area contributed by atoms with E-state index in [1.54, 1.807) is 12.1 Å². The van der Waals surface area contributed by atoms with Crippen LogP contribution in [0.15, 0.2) is 60.8 Å². The second kappa shape index (κ2) is 7.40. The number of nitrogens with zero attached hydrogens (tertiary/aromatic N) is 3. The van der Waals surface area contributed by atoms with E-state index in [-0.39, 0.29) is 11.9 Å². The Morgan fingerprint density at radius 1 is 1.15 bits per heavy atom.